The molecule has 5 nitrogen and oxygen atoms in total. The molecule has 0 aromatic heterocycles. The van der Waals surface area contributed by atoms with Crippen LogP contribution < -0.4 is 16.4 Å². The number of alkyl halides is 3. The second-order valence-electron chi connectivity index (χ2n) is 3.70. The average molecular weight is 275 g/mol. The number of nitrogens with one attached hydrogen (secondary N) is 2. The number of nitrogen functional groups attached to an aromatic ring is 1. The molecule has 0 saturated carbocycles. The van der Waals surface area contributed by atoms with Gasteiger partial charge >= 0.3 is 6.18 Å². The zero-order chi connectivity index (χ0) is 14.5. The first kappa shape index (κ1) is 14.8. The molecule has 0 aliphatic carbocycles. The third-order valence-electron chi connectivity index (χ3n) is 2.04. The summed E-state index contributed by atoms with van der Waals surface area (Å²) >= 11 is 0. The number of anilines is 1. The summed E-state index contributed by atoms with van der Waals surface area (Å²) < 4.78 is 35.4. The highest BCUT2D eigenvalue weighted by Crippen LogP contribution is 2.11. The van der Waals surface area contributed by atoms with E-state index in [0.29, 0.717) is 5.69 Å². The van der Waals surface area contributed by atoms with Gasteiger partial charge in [-0.25, -0.2) is 0 Å². The SMILES string of the molecule is Nc1cccc(C(=O)NCC(=O)NCC(F)(F)F)c1. The van der Waals surface area contributed by atoms with Crippen molar-refractivity contribution < 1.29 is 22.8 Å². The number of hydrogen-bond acceptors (Lipinski definition) is 3. The highest BCUT2D eigenvalue weighted by Gasteiger charge is 2.27. The third kappa shape index (κ3) is 5.75. The van der Waals surface area contributed by atoms with E-state index < -0.39 is 31.1 Å². The number of rotatable bonds is 4. The number of carbonyl (C=O) groups excluding carboxylic acids is 2. The molecule has 2 amide bonds. The van der Waals surface area contributed by atoms with Crippen LogP contribution in [0.3, 0.4) is 0 Å². The van der Waals surface area contributed by atoms with E-state index in [2.05, 4.69) is 5.32 Å². The van der Waals surface area contributed by atoms with Crippen LogP contribution in [-0.2, 0) is 4.79 Å². The molecule has 0 bridgehead atoms. The molecular formula is C11H12F3N3O2. The Labute approximate surface area is 107 Å². The van der Waals surface area contributed by atoms with Gasteiger partial charge in [-0.15, -0.1) is 0 Å². The fraction of sp³-hybridized carbons (Fsp3) is 0.273. The maximum Gasteiger partial charge on any atom is 0.405 e. The first-order chi connectivity index (χ1) is 8.78. The van der Waals surface area contributed by atoms with Crippen molar-refractivity contribution in [1.82, 2.24) is 10.6 Å². The molecule has 0 spiro atoms. The van der Waals surface area contributed by atoms with Gasteiger partial charge in [-0.1, -0.05) is 6.07 Å². The van der Waals surface area contributed by atoms with E-state index >= 15 is 0 Å². The Bertz CT molecular complexity index is 474. The molecular weight excluding hydrogens is 263 g/mol. The molecule has 0 fully saturated rings. The Morgan fingerprint density at radius 3 is 2.47 bits per heavy atom. The van der Waals surface area contributed by atoms with Crippen molar-refractivity contribution in [2.75, 3.05) is 18.8 Å². The van der Waals surface area contributed by atoms with Crippen LogP contribution in [0.5, 0.6) is 0 Å². The van der Waals surface area contributed by atoms with Crippen LogP contribution in [0.25, 0.3) is 0 Å². The Morgan fingerprint density at radius 2 is 1.89 bits per heavy atom. The van der Waals surface area contributed by atoms with Crippen LogP contribution in [0.1, 0.15) is 10.4 Å². The Hall–Kier alpha value is -2.25. The number of hydrogen-bond donors (Lipinski definition) is 3. The predicted octanol–water partition coefficient (Wildman–Crippen LogP) is 0.677. The molecule has 1 rings (SSSR count). The van der Waals surface area contributed by atoms with Crippen molar-refractivity contribution in [1.29, 1.82) is 0 Å². The first-order valence-corrected chi connectivity index (χ1v) is 5.25. The number of carbonyl (C=O) groups is 2. The van der Waals surface area contributed by atoms with Gasteiger partial charge in [0.2, 0.25) is 5.91 Å². The summed E-state index contributed by atoms with van der Waals surface area (Å²) in [7, 11) is 0. The van der Waals surface area contributed by atoms with Gasteiger partial charge in [0, 0.05) is 11.3 Å². The molecule has 104 valence electrons. The van der Waals surface area contributed by atoms with Crippen LogP contribution in [-0.4, -0.2) is 31.1 Å². The van der Waals surface area contributed by atoms with Gasteiger partial charge in [0.15, 0.2) is 0 Å². The summed E-state index contributed by atoms with van der Waals surface area (Å²) in [5.74, 6) is -1.51. The molecule has 0 saturated heterocycles. The van der Waals surface area contributed by atoms with Crippen molar-refractivity contribution in [2.45, 2.75) is 6.18 Å². The topological polar surface area (TPSA) is 84.2 Å². The summed E-state index contributed by atoms with van der Waals surface area (Å²) in [5, 5.41) is 3.83. The summed E-state index contributed by atoms with van der Waals surface area (Å²) in [6.07, 6.45) is -4.48. The Balaban J connectivity index is 2.40. The zero-order valence-corrected chi connectivity index (χ0v) is 9.75. The smallest absolute Gasteiger partial charge is 0.399 e. The average Bonchev–Trinajstić information content (AvgIpc) is 2.32. The number of nitrogens with two attached hydrogens (primary N) is 1. The van der Waals surface area contributed by atoms with Gasteiger partial charge < -0.3 is 16.4 Å². The molecule has 4 N–H and O–H groups in total. The fourth-order valence-corrected chi connectivity index (χ4v) is 1.20. The number of benzene rings is 1. The lowest BCUT2D eigenvalue weighted by Crippen LogP contribution is -2.40. The van der Waals surface area contributed by atoms with Gasteiger partial charge in [-0.3, -0.25) is 9.59 Å². The monoisotopic (exact) mass is 275 g/mol. The molecule has 0 aliphatic rings. The molecule has 0 atom stereocenters. The minimum Gasteiger partial charge on any atom is -0.399 e. The van der Waals surface area contributed by atoms with Crippen LogP contribution in [0.4, 0.5) is 18.9 Å². The standard InChI is InChI=1S/C11H12F3N3O2/c12-11(13,14)6-17-9(18)5-16-10(19)7-2-1-3-8(15)4-7/h1-4H,5-6,15H2,(H,16,19)(H,17,18). The Morgan fingerprint density at radius 1 is 1.21 bits per heavy atom. The van der Waals surface area contributed by atoms with Crippen LogP contribution >= 0.6 is 0 Å². The lowest BCUT2D eigenvalue weighted by molar-refractivity contribution is -0.137. The van der Waals surface area contributed by atoms with Crippen molar-refractivity contribution in [2.24, 2.45) is 0 Å². The Kier molecular flexibility index (Phi) is 4.74. The van der Waals surface area contributed by atoms with Crippen LogP contribution in [0, 0.1) is 0 Å². The van der Waals surface area contributed by atoms with E-state index in [0.717, 1.165) is 0 Å². The lowest BCUT2D eigenvalue weighted by atomic mass is 10.2. The lowest BCUT2D eigenvalue weighted by Gasteiger charge is -2.09. The van der Waals surface area contributed by atoms with E-state index in [4.69, 9.17) is 5.73 Å². The largest absolute Gasteiger partial charge is 0.405 e. The fourth-order valence-electron chi connectivity index (χ4n) is 1.20. The maximum atomic E-state index is 11.8. The van der Waals surface area contributed by atoms with Crippen LogP contribution in [0.2, 0.25) is 0 Å². The molecule has 0 heterocycles. The quantitative estimate of drug-likeness (QED) is 0.706. The van der Waals surface area contributed by atoms with Crippen molar-refractivity contribution in [3.63, 3.8) is 0 Å². The summed E-state index contributed by atoms with van der Waals surface area (Å²) in [6, 6.07) is 5.99. The van der Waals surface area contributed by atoms with Crippen LogP contribution in [0.15, 0.2) is 24.3 Å². The van der Waals surface area contributed by atoms with Crippen molar-refractivity contribution in [3.8, 4) is 0 Å². The van der Waals surface area contributed by atoms with E-state index in [-0.39, 0.29) is 5.56 Å². The van der Waals surface area contributed by atoms with E-state index in [9.17, 15) is 22.8 Å². The predicted molar refractivity (Wildman–Crippen MR) is 62.3 cm³/mol. The minimum atomic E-state index is -4.48. The molecule has 0 radical (unpaired) electrons. The van der Waals surface area contributed by atoms with Gasteiger partial charge in [-0.05, 0) is 18.2 Å². The summed E-state index contributed by atoms with van der Waals surface area (Å²) in [6.45, 7) is -1.97. The highest BCUT2D eigenvalue weighted by atomic mass is 19.4. The van der Waals surface area contributed by atoms with E-state index in [1.807, 2.05) is 0 Å². The first-order valence-electron chi connectivity index (χ1n) is 5.25. The second-order valence-corrected chi connectivity index (χ2v) is 3.70. The van der Waals surface area contributed by atoms with Crippen molar-refractivity contribution in [3.05, 3.63) is 29.8 Å². The van der Waals surface area contributed by atoms with Crippen molar-refractivity contribution >= 4 is 17.5 Å². The summed E-state index contributed by atoms with van der Waals surface area (Å²) in [4.78, 5) is 22.6. The van der Waals surface area contributed by atoms with E-state index in [1.165, 1.54) is 12.1 Å². The number of amides is 2. The number of halogens is 3. The minimum absolute atomic E-state index is 0.226. The van der Waals surface area contributed by atoms with E-state index in [1.54, 1.807) is 17.4 Å². The third-order valence-corrected chi connectivity index (χ3v) is 2.04. The van der Waals surface area contributed by atoms with Gasteiger partial charge in [0.25, 0.3) is 5.91 Å². The van der Waals surface area contributed by atoms with Gasteiger partial charge in [0.1, 0.15) is 6.54 Å². The molecule has 1 aromatic carbocycles. The molecule has 8 heteroatoms. The molecule has 19 heavy (non-hydrogen) atoms. The maximum absolute atomic E-state index is 11.8. The summed E-state index contributed by atoms with van der Waals surface area (Å²) in [5.41, 5.74) is 6.06. The van der Waals surface area contributed by atoms with Gasteiger partial charge in [-0.2, -0.15) is 13.2 Å². The molecule has 0 aliphatic heterocycles. The molecule has 1 aromatic rings. The molecule has 0 unspecified atom stereocenters. The zero-order valence-electron chi connectivity index (χ0n) is 9.75. The van der Waals surface area contributed by atoms with Gasteiger partial charge in [0.05, 0.1) is 6.54 Å². The highest BCUT2D eigenvalue weighted by molar-refractivity contribution is 5.97. The normalized spacial score (nSPS) is 10.9. The second kappa shape index (κ2) is 6.07.